The van der Waals surface area contributed by atoms with Crippen molar-refractivity contribution in [3.05, 3.63) is 59.8 Å². The Labute approximate surface area is 218 Å². The predicted octanol–water partition coefficient (Wildman–Crippen LogP) is 6.32. The Balaban J connectivity index is 1.15. The highest BCUT2D eigenvalue weighted by atomic mass is 19.4. The number of fused-ring (bicyclic) bond motifs is 1. The lowest BCUT2D eigenvalue weighted by Crippen LogP contribution is -2.55. The van der Waals surface area contributed by atoms with Gasteiger partial charge in [-0.15, -0.1) is 0 Å². The fourth-order valence-electron chi connectivity index (χ4n) is 4.70. The quantitative estimate of drug-likeness (QED) is 0.405. The summed E-state index contributed by atoms with van der Waals surface area (Å²) in [5.41, 5.74) is 1.12. The van der Waals surface area contributed by atoms with Crippen molar-refractivity contribution in [3.63, 3.8) is 0 Å². The van der Waals surface area contributed by atoms with Crippen LogP contribution in [0.5, 0.6) is 5.75 Å². The zero-order chi connectivity index (χ0) is 27.2. The van der Waals surface area contributed by atoms with Gasteiger partial charge in [0, 0.05) is 30.2 Å². The number of anilines is 1. The van der Waals surface area contributed by atoms with Crippen LogP contribution in [0, 0.1) is 5.92 Å². The lowest BCUT2D eigenvalue weighted by molar-refractivity contribution is -0.137. The van der Waals surface area contributed by atoms with E-state index in [9.17, 15) is 22.8 Å². The number of hydrogen-bond donors (Lipinski definition) is 2. The number of H-pyrrole nitrogens is 1. The second kappa shape index (κ2) is 9.56. The molecule has 2 amide bonds. The third-order valence-electron chi connectivity index (χ3n) is 6.92. The van der Waals surface area contributed by atoms with Crippen molar-refractivity contribution in [3.8, 4) is 5.75 Å². The number of rotatable bonds is 5. The molecule has 0 spiro atoms. The van der Waals surface area contributed by atoms with Crippen LogP contribution in [0.3, 0.4) is 0 Å². The van der Waals surface area contributed by atoms with Gasteiger partial charge in [-0.1, -0.05) is 12.1 Å². The minimum absolute atomic E-state index is 0.0365. The molecular weight excluding hydrogens is 499 g/mol. The van der Waals surface area contributed by atoms with Crippen molar-refractivity contribution < 1.29 is 32.2 Å². The summed E-state index contributed by atoms with van der Waals surface area (Å²) < 4.78 is 49.8. The first-order valence-corrected chi connectivity index (χ1v) is 12.6. The second-order valence-corrected chi connectivity index (χ2v) is 11.0. The van der Waals surface area contributed by atoms with E-state index in [1.165, 1.54) is 4.90 Å². The van der Waals surface area contributed by atoms with Crippen molar-refractivity contribution in [1.82, 2.24) is 9.88 Å². The lowest BCUT2D eigenvalue weighted by Gasteiger charge is -2.38. The van der Waals surface area contributed by atoms with Gasteiger partial charge in [0.25, 0.3) is 0 Å². The summed E-state index contributed by atoms with van der Waals surface area (Å²) in [5.74, 6) is 0.332. The number of alkyl halides is 3. The van der Waals surface area contributed by atoms with Crippen LogP contribution in [0.4, 0.5) is 23.7 Å². The van der Waals surface area contributed by atoms with Gasteiger partial charge in [-0.25, -0.2) is 4.79 Å². The molecule has 202 valence electrons. The van der Waals surface area contributed by atoms with Gasteiger partial charge in [0.2, 0.25) is 5.91 Å². The van der Waals surface area contributed by atoms with Crippen LogP contribution in [-0.2, 0) is 15.7 Å². The van der Waals surface area contributed by atoms with Gasteiger partial charge in [0.1, 0.15) is 11.4 Å². The van der Waals surface area contributed by atoms with Crippen molar-refractivity contribution in [2.75, 3.05) is 18.4 Å². The number of nitrogens with zero attached hydrogens (tertiary/aromatic N) is 1. The second-order valence-electron chi connectivity index (χ2n) is 11.0. The third-order valence-corrected chi connectivity index (χ3v) is 6.92. The maximum Gasteiger partial charge on any atom is 0.416 e. The Morgan fingerprint density at radius 2 is 1.71 bits per heavy atom. The van der Waals surface area contributed by atoms with E-state index < -0.39 is 23.4 Å². The van der Waals surface area contributed by atoms with Crippen molar-refractivity contribution in [1.29, 1.82) is 0 Å². The number of aromatic amines is 1. The van der Waals surface area contributed by atoms with E-state index in [-0.39, 0.29) is 23.8 Å². The van der Waals surface area contributed by atoms with Crippen molar-refractivity contribution >= 4 is 28.6 Å². The highest BCUT2D eigenvalue weighted by molar-refractivity contribution is 6.03. The number of nitrogens with one attached hydrogen (secondary N) is 2. The molecule has 1 aromatic heterocycles. The molecule has 2 N–H and O–H groups in total. The van der Waals surface area contributed by atoms with Gasteiger partial charge < -0.3 is 24.7 Å². The molecule has 1 saturated heterocycles. The topological polar surface area (TPSA) is 83.7 Å². The molecule has 2 aromatic carbocycles. The first kappa shape index (κ1) is 25.9. The van der Waals surface area contributed by atoms with Gasteiger partial charge in [-0.3, -0.25) is 4.79 Å². The lowest BCUT2D eigenvalue weighted by atomic mass is 9.77. The average molecular weight is 530 g/mol. The molecule has 2 heterocycles. The molecule has 0 radical (unpaired) electrons. The highest BCUT2D eigenvalue weighted by Gasteiger charge is 2.38. The molecule has 0 atom stereocenters. The van der Waals surface area contributed by atoms with Gasteiger partial charge in [-0.2, -0.15) is 13.2 Å². The summed E-state index contributed by atoms with van der Waals surface area (Å²) in [7, 11) is 0. The first-order valence-electron chi connectivity index (χ1n) is 12.6. The van der Waals surface area contributed by atoms with Gasteiger partial charge in [0.15, 0.2) is 0 Å². The Hall–Kier alpha value is -3.69. The number of hydrogen-bond acceptors (Lipinski definition) is 4. The molecule has 2 fully saturated rings. The fraction of sp³-hybridized carbons (Fsp3) is 0.429. The van der Waals surface area contributed by atoms with Crippen LogP contribution in [0.15, 0.2) is 48.7 Å². The van der Waals surface area contributed by atoms with Crippen LogP contribution in [-0.4, -0.2) is 46.7 Å². The number of benzene rings is 2. The summed E-state index contributed by atoms with van der Waals surface area (Å²) in [5, 5.41) is 3.75. The van der Waals surface area contributed by atoms with Crippen LogP contribution < -0.4 is 10.1 Å². The van der Waals surface area contributed by atoms with E-state index in [4.69, 9.17) is 9.47 Å². The molecule has 38 heavy (non-hydrogen) atoms. The predicted molar refractivity (Wildman–Crippen MR) is 136 cm³/mol. The van der Waals surface area contributed by atoms with Crippen LogP contribution >= 0.6 is 0 Å². The molecule has 3 aromatic rings. The molecule has 1 saturated carbocycles. The normalized spacial score (nSPS) is 20.0. The molecule has 7 nitrogen and oxygen atoms in total. The van der Waals surface area contributed by atoms with E-state index in [0.717, 1.165) is 41.4 Å². The highest BCUT2D eigenvalue weighted by Crippen LogP contribution is 2.41. The zero-order valence-corrected chi connectivity index (χ0v) is 21.4. The van der Waals surface area contributed by atoms with E-state index in [0.29, 0.717) is 24.5 Å². The number of amides is 2. The Bertz CT molecular complexity index is 1330. The van der Waals surface area contributed by atoms with Gasteiger partial charge in [-0.05, 0) is 75.4 Å². The first-order chi connectivity index (χ1) is 17.9. The summed E-state index contributed by atoms with van der Waals surface area (Å²) >= 11 is 0. The fourth-order valence-corrected chi connectivity index (χ4v) is 4.70. The van der Waals surface area contributed by atoms with E-state index in [1.54, 1.807) is 39.1 Å². The van der Waals surface area contributed by atoms with Crippen LogP contribution in [0.2, 0.25) is 0 Å². The molecule has 10 heteroatoms. The number of carbonyl (C=O) groups is 2. The Kier molecular flexibility index (Phi) is 6.53. The van der Waals surface area contributed by atoms with Crippen molar-refractivity contribution in [2.45, 2.75) is 57.4 Å². The molecule has 0 unspecified atom stereocenters. The smallest absolute Gasteiger partial charge is 0.416 e. The van der Waals surface area contributed by atoms with Crippen LogP contribution in [0.25, 0.3) is 10.9 Å². The summed E-state index contributed by atoms with van der Waals surface area (Å²) in [6.45, 7) is 6.00. The molecule has 1 aliphatic carbocycles. The largest absolute Gasteiger partial charge is 0.490 e. The van der Waals surface area contributed by atoms with Crippen molar-refractivity contribution in [2.24, 2.45) is 5.92 Å². The number of ether oxygens (including phenoxy) is 2. The minimum atomic E-state index is -4.34. The molecule has 5 rings (SSSR count). The Morgan fingerprint density at radius 1 is 1.03 bits per heavy atom. The van der Waals surface area contributed by atoms with Gasteiger partial charge in [0.05, 0.1) is 23.3 Å². The summed E-state index contributed by atoms with van der Waals surface area (Å²) in [6.07, 6.45) is -1.64. The summed E-state index contributed by atoms with van der Waals surface area (Å²) in [6, 6.07) is 10.9. The van der Waals surface area contributed by atoms with E-state index in [1.807, 2.05) is 18.2 Å². The third kappa shape index (κ3) is 5.58. The van der Waals surface area contributed by atoms with Crippen LogP contribution in [0.1, 0.15) is 50.7 Å². The maximum atomic E-state index is 12.8. The van der Waals surface area contributed by atoms with Gasteiger partial charge >= 0.3 is 12.3 Å². The molecular formula is C28H30F3N3O4. The average Bonchev–Trinajstić information content (AvgIpc) is 3.15. The molecule has 1 aliphatic heterocycles. The standard InChI is InChI=1S/C28H30F3N3O4/c1-27(2,3)38-26(36)34-14-18(15-34)25(35)33-24-13-32-23-9-8-20(12-22(23)24)37-21-10-17(11-21)16-4-6-19(7-5-16)28(29,30)31/h4-9,12-13,17-18,21,32H,10-11,14-15H2,1-3H3,(H,33,35)/t17-,21-. The summed E-state index contributed by atoms with van der Waals surface area (Å²) in [4.78, 5) is 29.5. The number of likely N-dealkylation sites (tertiary alicyclic amines) is 1. The monoisotopic (exact) mass is 529 g/mol. The Morgan fingerprint density at radius 3 is 2.34 bits per heavy atom. The number of aromatic nitrogens is 1. The minimum Gasteiger partial charge on any atom is -0.490 e. The number of halogens is 3. The molecule has 2 aliphatic rings. The van der Waals surface area contributed by atoms with E-state index in [2.05, 4.69) is 10.3 Å². The molecule has 0 bridgehead atoms. The SMILES string of the molecule is CC(C)(C)OC(=O)N1CC(C(=O)Nc2c[nH]c3ccc(O[C@H]4C[C@H](c5ccc(C(F)(F)F)cc5)C4)cc23)C1. The zero-order valence-electron chi connectivity index (χ0n) is 21.4. The van der Waals surface area contributed by atoms with E-state index >= 15 is 0 Å². The number of carbonyl (C=O) groups excluding carboxylic acids is 2. The maximum absolute atomic E-state index is 12.8.